The fourth-order valence-corrected chi connectivity index (χ4v) is 3.42. The van der Waals surface area contributed by atoms with E-state index in [4.69, 9.17) is 4.42 Å². The van der Waals surface area contributed by atoms with Crippen LogP contribution in [0.4, 0.5) is 0 Å². The van der Waals surface area contributed by atoms with Crippen LogP contribution in [0.5, 0.6) is 0 Å². The molecule has 1 fully saturated rings. The van der Waals surface area contributed by atoms with E-state index in [9.17, 15) is 5.11 Å². The van der Waals surface area contributed by atoms with Gasteiger partial charge in [0.25, 0.3) is 0 Å². The maximum atomic E-state index is 9.44. The highest BCUT2D eigenvalue weighted by Crippen LogP contribution is 2.19. The van der Waals surface area contributed by atoms with Gasteiger partial charge in [-0.3, -0.25) is 14.8 Å². The third-order valence-electron chi connectivity index (χ3n) is 4.64. The Balaban J connectivity index is 1.62. The lowest BCUT2D eigenvalue weighted by atomic mass is 10.1. The summed E-state index contributed by atoms with van der Waals surface area (Å²) in [5, 5.41) is 9.44. The summed E-state index contributed by atoms with van der Waals surface area (Å²) in [6.45, 7) is 8.85. The Morgan fingerprint density at radius 2 is 2.04 bits per heavy atom. The van der Waals surface area contributed by atoms with Gasteiger partial charge in [-0.05, 0) is 44.5 Å². The van der Waals surface area contributed by atoms with Crippen LogP contribution in [0.15, 0.2) is 34.7 Å². The minimum atomic E-state index is 0.217. The predicted octanol–water partition coefficient (Wildman–Crippen LogP) is 2.36. The highest BCUT2D eigenvalue weighted by atomic mass is 16.3. The smallest absolute Gasteiger partial charge is 0.118 e. The van der Waals surface area contributed by atoms with Crippen molar-refractivity contribution in [3.8, 4) is 0 Å². The Labute approximate surface area is 143 Å². The SMILES string of the molecule is Cc1cccc(CN2CCN(Cc3ccc(C)o3)C(CCO)C2)n1. The van der Waals surface area contributed by atoms with E-state index in [1.165, 1.54) is 0 Å². The molecule has 1 N–H and O–H groups in total. The maximum absolute atomic E-state index is 9.44. The van der Waals surface area contributed by atoms with Crippen LogP contribution >= 0.6 is 0 Å². The van der Waals surface area contributed by atoms with Gasteiger partial charge in [0.05, 0.1) is 12.2 Å². The number of hydrogen-bond donors (Lipinski definition) is 1. The van der Waals surface area contributed by atoms with Crippen molar-refractivity contribution >= 4 is 0 Å². The Morgan fingerprint density at radius 3 is 2.75 bits per heavy atom. The normalized spacial score (nSPS) is 19.7. The molecule has 0 radical (unpaired) electrons. The molecule has 2 aromatic heterocycles. The van der Waals surface area contributed by atoms with Crippen molar-refractivity contribution in [1.29, 1.82) is 0 Å². The molecule has 1 atom stereocenters. The van der Waals surface area contributed by atoms with Crippen LogP contribution in [0.25, 0.3) is 0 Å². The zero-order chi connectivity index (χ0) is 16.9. The van der Waals surface area contributed by atoms with Gasteiger partial charge in [-0.25, -0.2) is 0 Å². The van der Waals surface area contributed by atoms with Gasteiger partial charge in [-0.1, -0.05) is 6.07 Å². The summed E-state index contributed by atoms with van der Waals surface area (Å²) in [4.78, 5) is 9.47. The van der Waals surface area contributed by atoms with Gasteiger partial charge in [-0.2, -0.15) is 0 Å². The summed E-state index contributed by atoms with van der Waals surface area (Å²) >= 11 is 0. The number of aliphatic hydroxyl groups is 1. The van der Waals surface area contributed by atoms with Crippen LogP contribution < -0.4 is 0 Å². The predicted molar refractivity (Wildman–Crippen MR) is 93.6 cm³/mol. The van der Waals surface area contributed by atoms with Crippen molar-refractivity contribution in [3.63, 3.8) is 0 Å². The van der Waals surface area contributed by atoms with Crippen molar-refractivity contribution in [3.05, 3.63) is 53.2 Å². The van der Waals surface area contributed by atoms with Gasteiger partial charge in [0, 0.05) is 44.5 Å². The summed E-state index contributed by atoms with van der Waals surface area (Å²) in [7, 11) is 0. The first-order valence-electron chi connectivity index (χ1n) is 8.69. The molecule has 130 valence electrons. The summed E-state index contributed by atoms with van der Waals surface area (Å²) in [5.41, 5.74) is 2.18. The van der Waals surface area contributed by atoms with Crippen molar-refractivity contribution in [2.45, 2.75) is 39.4 Å². The molecule has 0 saturated carbocycles. The third-order valence-corrected chi connectivity index (χ3v) is 4.64. The Hall–Kier alpha value is -1.69. The van der Waals surface area contributed by atoms with E-state index in [0.717, 1.165) is 62.1 Å². The summed E-state index contributed by atoms with van der Waals surface area (Å²) in [6.07, 6.45) is 0.789. The number of aryl methyl sites for hydroxylation is 2. The van der Waals surface area contributed by atoms with E-state index in [2.05, 4.69) is 26.9 Å². The van der Waals surface area contributed by atoms with Crippen molar-refractivity contribution in [1.82, 2.24) is 14.8 Å². The standard InChI is InChI=1S/C19H27N3O2/c1-15-4-3-5-17(20-15)12-21-9-10-22(18(13-21)8-11-23)14-19-7-6-16(2)24-19/h3-7,18,23H,8-14H2,1-2H3. The maximum Gasteiger partial charge on any atom is 0.118 e. The second kappa shape index (κ2) is 7.92. The van der Waals surface area contributed by atoms with Gasteiger partial charge >= 0.3 is 0 Å². The molecule has 1 saturated heterocycles. The number of pyridine rings is 1. The average Bonchev–Trinajstić information content (AvgIpc) is 2.95. The van der Waals surface area contributed by atoms with Crippen molar-refractivity contribution < 1.29 is 9.52 Å². The molecule has 2 aromatic rings. The number of rotatable bonds is 6. The van der Waals surface area contributed by atoms with Gasteiger partial charge in [0.15, 0.2) is 0 Å². The summed E-state index contributed by atoms with van der Waals surface area (Å²) in [5.74, 6) is 1.96. The van der Waals surface area contributed by atoms with Crippen LogP contribution in [0, 0.1) is 13.8 Å². The van der Waals surface area contributed by atoms with Crippen LogP contribution in [0.3, 0.4) is 0 Å². The minimum absolute atomic E-state index is 0.217. The third kappa shape index (κ3) is 4.44. The first kappa shape index (κ1) is 17.1. The largest absolute Gasteiger partial charge is 0.465 e. The monoisotopic (exact) mass is 329 g/mol. The molecule has 24 heavy (non-hydrogen) atoms. The van der Waals surface area contributed by atoms with Gasteiger partial charge in [0.1, 0.15) is 11.5 Å². The van der Waals surface area contributed by atoms with E-state index < -0.39 is 0 Å². The van der Waals surface area contributed by atoms with Gasteiger partial charge in [-0.15, -0.1) is 0 Å². The van der Waals surface area contributed by atoms with E-state index in [1.807, 2.05) is 32.0 Å². The molecule has 1 aliphatic heterocycles. The molecule has 1 unspecified atom stereocenters. The first-order valence-corrected chi connectivity index (χ1v) is 8.69. The molecule has 0 aromatic carbocycles. The summed E-state index contributed by atoms with van der Waals surface area (Å²) in [6, 6.07) is 10.6. The van der Waals surface area contributed by atoms with Crippen LogP contribution in [-0.4, -0.2) is 52.2 Å². The van der Waals surface area contributed by atoms with Crippen LogP contribution in [0.2, 0.25) is 0 Å². The van der Waals surface area contributed by atoms with Crippen LogP contribution in [-0.2, 0) is 13.1 Å². The zero-order valence-corrected chi connectivity index (χ0v) is 14.6. The Morgan fingerprint density at radius 1 is 1.17 bits per heavy atom. The number of hydrogen-bond acceptors (Lipinski definition) is 5. The Kier molecular flexibility index (Phi) is 5.66. The van der Waals surface area contributed by atoms with E-state index in [1.54, 1.807) is 0 Å². The molecular formula is C19H27N3O2. The second-order valence-corrected chi connectivity index (χ2v) is 6.65. The fraction of sp³-hybridized carbons (Fsp3) is 0.526. The lowest BCUT2D eigenvalue weighted by molar-refractivity contribution is 0.0448. The number of aromatic nitrogens is 1. The lowest BCUT2D eigenvalue weighted by Gasteiger charge is -2.41. The molecule has 1 aliphatic rings. The molecule has 0 amide bonds. The average molecular weight is 329 g/mol. The lowest BCUT2D eigenvalue weighted by Crippen LogP contribution is -2.52. The molecular weight excluding hydrogens is 302 g/mol. The quantitative estimate of drug-likeness (QED) is 0.882. The molecule has 0 bridgehead atoms. The highest BCUT2D eigenvalue weighted by Gasteiger charge is 2.27. The second-order valence-electron chi connectivity index (χ2n) is 6.65. The molecule has 0 spiro atoms. The van der Waals surface area contributed by atoms with E-state index in [-0.39, 0.29) is 6.61 Å². The Bertz CT molecular complexity index is 656. The van der Waals surface area contributed by atoms with E-state index >= 15 is 0 Å². The number of piperazine rings is 1. The molecule has 3 heterocycles. The number of furan rings is 1. The summed E-state index contributed by atoms with van der Waals surface area (Å²) < 4.78 is 5.72. The molecule has 5 heteroatoms. The van der Waals surface area contributed by atoms with Crippen molar-refractivity contribution in [2.24, 2.45) is 0 Å². The van der Waals surface area contributed by atoms with Crippen LogP contribution in [0.1, 0.15) is 29.3 Å². The van der Waals surface area contributed by atoms with E-state index in [0.29, 0.717) is 6.04 Å². The molecule has 3 rings (SSSR count). The molecule has 5 nitrogen and oxygen atoms in total. The van der Waals surface area contributed by atoms with Crippen molar-refractivity contribution in [2.75, 3.05) is 26.2 Å². The zero-order valence-electron chi connectivity index (χ0n) is 14.6. The fourth-order valence-electron chi connectivity index (χ4n) is 3.42. The number of nitrogens with zero attached hydrogens (tertiary/aromatic N) is 3. The topological polar surface area (TPSA) is 52.7 Å². The molecule has 0 aliphatic carbocycles. The van der Waals surface area contributed by atoms with Gasteiger partial charge in [0.2, 0.25) is 0 Å². The highest BCUT2D eigenvalue weighted by molar-refractivity contribution is 5.10. The first-order chi connectivity index (χ1) is 11.6. The minimum Gasteiger partial charge on any atom is -0.465 e. The van der Waals surface area contributed by atoms with Gasteiger partial charge < -0.3 is 9.52 Å². The number of aliphatic hydroxyl groups excluding tert-OH is 1.